The van der Waals surface area contributed by atoms with E-state index in [2.05, 4.69) is 34.6 Å². The summed E-state index contributed by atoms with van der Waals surface area (Å²) < 4.78 is 6.31. The lowest BCUT2D eigenvalue weighted by Crippen LogP contribution is -2.41. The van der Waals surface area contributed by atoms with Crippen molar-refractivity contribution >= 4 is 10.9 Å². The van der Waals surface area contributed by atoms with Gasteiger partial charge in [0.25, 0.3) is 0 Å². The molecule has 1 aromatic heterocycles. The van der Waals surface area contributed by atoms with E-state index >= 15 is 0 Å². The van der Waals surface area contributed by atoms with Crippen LogP contribution in [0.3, 0.4) is 0 Å². The maximum Gasteiger partial charge on any atom is 0.123 e. The van der Waals surface area contributed by atoms with Crippen LogP contribution in [0, 0.1) is 6.92 Å². The molecule has 0 bridgehead atoms. The Balaban J connectivity index is 1.34. The highest BCUT2D eigenvalue weighted by molar-refractivity contribution is 5.83. The molecule has 2 aliphatic carbocycles. The van der Waals surface area contributed by atoms with Gasteiger partial charge in [-0.15, -0.1) is 0 Å². The van der Waals surface area contributed by atoms with Crippen LogP contribution in [0.5, 0.6) is 5.75 Å². The van der Waals surface area contributed by atoms with E-state index < -0.39 is 0 Å². The van der Waals surface area contributed by atoms with Crippen LogP contribution in [0.2, 0.25) is 0 Å². The number of hydrogen-bond acceptors (Lipinski definition) is 3. The first-order valence-electron chi connectivity index (χ1n) is 9.15. The van der Waals surface area contributed by atoms with E-state index in [1.54, 1.807) is 0 Å². The van der Waals surface area contributed by atoms with Gasteiger partial charge in [0.1, 0.15) is 5.75 Å². The van der Waals surface area contributed by atoms with Crippen molar-refractivity contribution in [1.29, 1.82) is 0 Å². The number of benzene rings is 1. The SMILES string of the molecule is Cc1c(O[C@H]2CC[C@H](NC3CCCC3)CC2)ccc2[nH]ncc12. The van der Waals surface area contributed by atoms with E-state index in [4.69, 9.17) is 4.74 Å². The van der Waals surface area contributed by atoms with E-state index in [0.717, 1.165) is 30.1 Å². The smallest absolute Gasteiger partial charge is 0.123 e. The van der Waals surface area contributed by atoms with E-state index in [9.17, 15) is 0 Å². The van der Waals surface area contributed by atoms with Crippen molar-refractivity contribution in [3.8, 4) is 5.75 Å². The first-order chi connectivity index (χ1) is 11.3. The zero-order valence-electron chi connectivity index (χ0n) is 14.0. The molecule has 4 nitrogen and oxygen atoms in total. The van der Waals surface area contributed by atoms with Crippen LogP contribution in [0.1, 0.15) is 56.9 Å². The van der Waals surface area contributed by atoms with Gasteiger partial charge in [-0.05, 0) is 57.6 Å². The van der Waals surface area contributed by atoms with Gasteiger partial charge < -0.3 is 10.1 Å². The van der Waals surface area contributed by atoms with E-state index in [-0.39, 0.29) is 0 Å². The summed E-state index contributed by atoms with van der Waals surface area (Å²) in [4.78, 5) is 0. The molecule has 0 amide bonds. The minimum atomic E-state index is 0.361. The Hall–Kier alpha value is -1.55. The van der Waals surface area contributed by atoms with Crippen LogP contribution in [0.15, 0.2) is 18.3 Å². The van der Waals surface area contributed by atoms with Crippen LogP contribution >= 0.6 is 0 Å². The summed E-state index contributed by atoms with van der Waals surface area (Å²) in [7, 11) is 0. The Kier molecular flexibility index (Phi) is 4.25. The third kappa shape index (κ3) is 3.23. The first-order valence-corrected chi connectivity index (χ1v) is 9.15. The molecule has 23 heavy (non-hydrogen) atoms. The quantitative estimate of drug-likeness (QED) is 0.893. The molecule has 2 saturated carbocycles. The largest absolute Gasteiger partial charge is 0.490 e. The molecule has 1 aromatic carbocycles. The minimum Gasteiger partial charge on any atom is -0.490 e. The topological polar surface area (TPSA) is 49.9 Å². The van der Waals surface area contributed by atoms with Gasteiger partial charge in [0.2, 0.25) is 0 Å². The third-order valence-electron chi connectivity index (χ3n) is 5.64. The van der Waals surface area contributed by atoms with Crippen LogP contribution in [0.25, 0.3) is 10.9 Å². The number of aromatic amines is 1. The number of fused-ring (bicyclic) bond motifs is 1. The van der Waals surface area contributed by atoms with Gasteiger partial charge in [-0.2, -0.15) is 5.10 Å². The van der Waals surface area contributed by atoms with Crippen LogP contribution in [0.4, 0.5) is 0 Å². The predicted octanol–water partition coefficient (Wildman–Crippen LogP) is 4.09. The molecule has 0 aliphatic heterocycles. The van der Waals surface area contributed by atoms with Crippen LogP contribution < -0.4 is 10.1 Å². The van der Waals surface area contributed by atoms with Crippen molar-refractivity contribution in [2.75, 3.05) is 0 Å². The molecular weight excluding hydrogens is 286 g/mol. The normalized spacial score (nSPS) is 26.0. The van der Waals surface area contributed by atoms with Gasteiger partial charge in [-0.25, -0.2) is 0 Å². The van der Waals surface area contributed by atoms with Crippen molar-refractivity contribution < 1.29 is 4.74 Å². The number of ether oxygens (including phenoxy) is 1. The molecule has 0 unspecified atom stereocenters. The highest BCUT2D eigenvalue weighted by Gasteiger charge is 2.25. The minimum absolute atomic E-state index is 0.361. The maximum absolute atomic E-state index is 6.31. The predicted molar refractivity (Wildman–Crippen MR) is 92.9 cm³/mol. The monoisotopic (exact) mass is 313 g/mol. The fraction of sp³-hybridized carbons (Fsp3) is 0.632. The molecule has 1 heterocycles. The Bertz CT molecular complexity index is 652. The third-order valence-corrected chi connectivity index (χ3v) is 5.64. The molecule has 0 spiro atoms. The number of hydrogen-bond donors (Lipinski definition) is 2. The molecule has 124 valence electrons. The Morgan fingerprint density at radius 3 is 2.57 bits per heavy atom. The van der Waals surface area contributed by atoms with Gasteiger partial charge >= 0.3 is 0 Å². The Morgan fingerprint density at radius 1 is 1.04 bits per heavy atom. The number of H-pyrrole nitrogens is 1. The average Bonchev–Trinajstić information content (AvgIpc) is 3.23. The van der Waals surface area contributed by atoms with E-state index in [0.29, 0.717) is 12.1 Å². The zero-order valence-corrected chi connectivity index (χ0v) is 14.0. The van der Waals surface area contributed by atoms with Gasteiger partial charge in [-0.3, -0.25) is 5.10 Å². The molecule has 4 heteroatoms. The summed E-state index contributed by atoms with van der Waals surface area (Å²) >= 11 is 0. The molecule has 2 aromatic rings. The Morgan fingerprint density at radius 2 is 1.78 bits per heavy atom. The Labute approximate surface area is 138 Å². The van der Waals surface area contributed by atoms with Gasteiger partial charge in [0.15, 0.2) is 0 Å². The second-order valence-corrected chi connectivity index (χ2v) is 7.26. The van der Waals surface area contributed by atoms with Gasteiger partial charge in [0.05, 0.1) is 17.8 Å². The number of nitrogens with zero attached hydrogens (tertiary/aromatic N) is 1. The fourth-order valence-corrected chi connectivity index (χ4v) is 4.22. The molecule has 2 N–H and O–H groups in total. The molecule has 2 aliphatic rings. The summed E-state index contributed by atoms with van der Waals surface area (Å²) in [5.41, 5.74) is 2.28. The van der Waals surface area contributed by atoms with Gasteiger partial charge in [-0.1, -0.05) is 12.8 Å². The number of aryl methyl sites for hydroxylation is 1. The average molecular weight is 313 g/mol. The van der Waals surface area contributed by atoms with Crippen molar-refractivity contribution in [3.05, 3.63) is 23.9 Å². The number of rotatable bonds is 4. The second kappa shape index (κ2) is 6.52. The summed E-state index contributed by atoms with van der Waals surface area (Å²) in [5, 5.41) is 12.2. The van der Waals surface area contributed by atoms with Crippen molar-refractivity contribution in [1.82, 2.24) is 15.5 Å². The molecule has 0 atom stereocenters. The van der Waals surface area contributed by atoms with Crippen LogP contribution in [-0.4, -0.2) is 28.4 Å². The number of aromatic nitrogens is 2. The highest BCUT2D eigenvalue weighted by Crippen LogP contribution is 2.30. The maximum atomic E-state index is 6.31. The van der Waals surface area contributed by atoms with Crippen molar-refractivity contribution in [2.45, 2.75) is 76.5 Å². The van der Waals surface area contributed by atoms with Crippen LogP contribution in [-0.2, 0) is 0 Å². The van der Waals surface area contributed by atoms with E-state index in [1.807, 2.05) is 6.20 Å². The lowest BCUT2D eigenvalue weighted by Gasteiger charge is -2.31. The van der Waals surface area contributed by atoms with Crippen molar-refractivity contribution in [3.63, 3.8) is 0 Å². The molecule has 2 fully saturated rings. The molecule has 0 radical (unpaired) electrons. The fourth-order valence-electron chi connectivity index (χ4n) is 4.22. The van der Waals surface area contributed by atoms with E-state index in [1.165, 1.54) is 49.5 Å². The lowest BCUT2D eigenvalue weighted by atomic mass is 9.92. The highest BCUT2D eigenvalue weighted by atomic mass is 16.5. The summed E-state index contributed by atoms with van der Waals surface area (Å²) in [6.07, 6.45) is 12.6. The zero-order chi connectivity index (χ0) is 15.6. The molecule has 4 rings (SSSR count). The van der Waals surface area contributed by atoms with Gasteiger partial charge in [0, 0.05) is 23.0 Å². The standard InChI is InChI=1S/C19H27N3O/c1-13-17-12-20-22-18(17)10-11-19(13)23-16-8-6-15(7-9-16)21-14-4-2-3-5-14/h10-12,14-16,21H,2-9H2,1H3,(H,20,22)/t15-,16-. The lowest BCUT2D eigenvalue weighted by molar-refractivity contribution is 0.136. The number of nitrogens with one attached hydrogen (secondary N) is 2. The molecular formula is C19H27N3O. The summed E-state index contributed by atoms with van der Waals surface area (Å²) in [6.45, 7) is 2.13. The summed E-state index contributed by atoms with van der Waals surface area (Å²) in [6, 6.07) is 5.63. The first kappa shape index (κ1) is 15.0. The second-order valence-electron chi connectivity index (χ2n) is 7.26. The summed E-state index contributed by atoms with van der Waals surface area (Å²) in [5.74, 6) is 1.02. The molecule has 0 saturated heterocycles. The van der Waals surface area contributed by atoms with Crippen molar-refractivity contribution in [2.24, 2.45) is 0 Å².